The zero-order valence-electron chi connectivity index (χ0n) is 32.5. The van der Waals surface area contributed by atoms with Crippen LogP contribution in [0.4, 0.5) is 18.9 Å². The molecule has 0 atom stereocenters. The van der Waals surface area contributed by atoms with E-state index in [1.165, 1.54) is 12.1 Å². The van der Waals surface area contributed by atoms with Crippen molar-refractivity contribution in [3.05, 3.63) is 197 Å². The van der Waals surface area contributed by atoms with Crippen LogP contribution in [0.3, 0.4) is 0 Å². The van der Waals surface area contributed by atoms with Gasteiger partial charge in [-0.05, 0) is 95.8 Å². The average molecular weight is 783 g/mol. The minimum atomic E-state index is -4.80. The third-order valence-electron chi connectivity index (χ3n) is 11.5. The van der Waals surface area contributed by atoms with Gasteiger partial charge in [0.05, 0.1) is 57.2 Å². The van der Waals surface area contributed by atoms with E-state index in [0.29, 0.717) is 11.4 Å². The molecule has 0 fully saturated rings. The van der Waals surface area contributed by atoms with Crippen LogP contribution in [0, 0.1) is 31.8 Å². The number of hydrogen-bond donors (Lipinski definition) is 0. The van der Waals surface area contributed by atoms with Crippen LogP contribution < -0.4 is 0 Å². The molecule has 0 saturated heterocycles. The molecule has 0 unspecified atom stereocenters. The number of aromatic nitrogens is 2. The third-order valence-corrected chi connectivity index (χ3v) is 11.5. The first-order valence-electron chi connectivity index (χ1n) is 19.5. The summed E-state index contributed by atoms with van der Waals surface area (Å²) in [5, 5.41) is 13.6. The number of rotatable bonds is 5. The van der Waals surface area contributed by atoms with Crippen molar-refractivity contribution in [2.75, 3.05) is 0 Å². The topological polar surface area (TPSA) is 38.0 Å². The number of hydrogen-bond acceptors (Lipinski definition) is 1. The number of aryl methyl sites for hydroxylation is 2. The van der Waals surface area contributed by atoms with Crippen molar-refractivity contribution < 1.29 is 13.2 Å². The van der Waals surface area contributed by atoms with Crippen LogP contribution in [0.15, 0.2) is 164 Å². The molecule has 0 aliphatic carbocycles. The Morgan fingerprint density at radius 1 is 0.500 bits per heavy atom. The van der Waals surface area contributed by atoms with E-state index in [4.69, 9.17) is 6.57 Å². The van der Waals surface area contributed by atoms with Crippen LogP contribution in [0.1, 0.15) is 22.3 Å². The summed E-state index contributed by atoms with van der Waals surface area (Å²) in [7, 11) is 0. The summed E-state index contributed by atoms with van der Waals surface area (Å²) >= 11 is 0. The van der Waals surface area contributed by atoms with Gasteiger partial charge < -0.3 is 9.13 Å². The molecule has 0 bridgehead atoms. The summed E-state index contributed by atoms with van der Waals surface area (Å²) in [6.45, 7) is 12.6. The average Bonchev–Trinajstić information content (AvgIpc) is 3.77. The Kier molecular flexibility index (Phi) is 8.45. The molecule has 0 aliphatic rings. The monoisotopic (exact) mass is 782 g/mol. The van der Waals surface area contributed by atoms with E-state index in [-0.39, 0.29) is 22.4 Å². The van der Waals surface area contributed by atoms with Crippen molar-refractivity contribution in [2.24, 2.45) is 0 Å². The van der Waals surface area contributed by atoms with Gasteiger partial charge in [0.15, 0.2) is 5.69 Å². The summed E-state index contributed by atoms with van der Waals surface area (Å²) in [6, 6.07) is 54.4. The number of fused-ring (bicyclic) bond motifs is 6. The maximum Gasteiger partial charge on any atom is 0.417 e. The van der Waals surface area contributed by atoms with Crippen molar-refractivity contribution in [2.45, 2.75) is 20.0 Å². The zero-order valence-corrected chi connectivity index (χ0v) is 32.5. The highest BCUT2D eigenvalue weighted by molar-refractivity contribution is 6.13. The lowest BCUT2D eigenvalue weighted by Crippen LogP contribution is -2.09. The molecule has 0 radical (unpaired) electrons. The van der Waals surface area contributed by atoms with E-state index in [0.717, 1.165) is 83.1 Å². The van der Waals surface area contributed by atoms with Gasteiger partial charge in [-0.1, -0.05) is 126 Å². The first-order valence-corrected chi connectivity index (χ1v) is 19.5. The Bertz CT molecular complexity index is 3480. The Morgan fingerprint density at radius 3 is 1.50 bits per heavy atom. The van der Waals surface area contributed by atoms with Crippen LogP contribution in [-0.4, -0.2) is 9.13 Å². The normalized spacial score (nSPS) is 11.7. The number of nitrogens with zero attached hydrogens (tertiary/aromatic N) is 4. The molecule has 0 amide bonds. The van der Waals surface area contributed by atoms with Crippen LogP contribution >= 0.6 is 0 Å². The zero-order chi connectivity index (χ0) is 41.3. The van der Waals surface area contributed by atoms with Gasteiger partial charge in [0.2, 0.25) is 0 Å². The van der Waals surface area contributed by atoms with E-state index in [9.17, 15) is 18.4 Å². The molecule has 0 spiro atoms. The molecule has 4 nitrogen and oxygen atoms in total. The standard InChI is InChI=1S/C53H33F3N4/c1-32-10-8-12-35(24-32)37-19-22-42-40-14-4-6-16-47(40)59(49(42)27-37)51-29-44(39-21-18-34(31-57)26-45(39)53(54,55)56)46(58-3)30-52(51)60-48-17-7-5-15-41(48)43-23-20-38(28-50(43)60)36-13-9-11-33(2)25-36/h4-30H,1-2H3. The van der Waals surface area contributed by atoms with Crippen molar-refractivity contribution in [1.82, 2.24) is 9.13 Å². The fraction of sp³-hybridized carbons (Fsp3) is 0.0566. The van der Waals surface area contributed by atoms with E-state index in [1.54, 1.807) is 12.1 Å². The fourth-order valence-electron chi connectivity index (χ4n) is 8.78. The SMILES string of the molecule is [C-]#[N+]c1cc(-n2c3ccccc3c3ccc(-c4cccc(C)c4)cc32)c(-n2c3ccccc3c3ccc(-c4cccc(C)c4)cc32)cc1-c1ccc(C#N)cc1C(F)(F)F. The molecule has 7 heteroatoms. The minimum absolute atomic E-state index is 0.0472. The molecule has 60 heavy (non-hydrogen) atoms. The highest BCUT2D eigenvalue weighted by Crippen LogP contribution is 2.47. The first kappa shape index (κ1) is 36.5. The second kappa shape index (κ2) is 13.9. The number of halogens is 3. The van der Waals surface area contributed by atoms with Crippen molar-refractivity contribution in [3.8, 4) is 50.8 Å². The van der Waals surface area contributed by atoms with Gasteiger partial charge >= 0.3 is 6.18 Å². The number of nitriles is 1. The second-order valence-electron chi connectivity index (χ2n) is 15.2. The maximum absolute atomic E-state index is 15.0. The Hall–Kier alpha value is -7.87. The largest absolute Gasteiger partial charge is 0.417 e. The maximum atomic E-state index is 15.0. The lowest BCUT2D eigenvalue weighted by atomic mass is 9.94. The molecular formula is C53H33F3N4. The van der Waals surface area contributed by atoms with E-state index < -0.39 is 11.7 Å². The van der Waals surface area contributed by atoms with Crippen LogP contribution in [-0.2, 0) is 6.18 Å². The Morgan fingerprint density at radius 2 is 1.00 bits per heavy atom. The minimum Gasteiger partial charge on any atom is -0.308 e. The second-order valence-corrected chi connectivity index (χ2v) is 15.2. The van der Waals surface area contributed by atoms with Crippen LogP contribution in [0.25, 0.3) is 93.2 Å². The molecule has 0 saturated carbocycles. The highest BCUT2D eigenvalue weighted by atomic mass is 19.4. The fourth-order valence-corrected chi connectivity index (χ4v) is 8.78. The van der Waals surface area contributed by atoms with Gasteiger partial charge in [-0.25, -0.2) is 4.85 Å². The molecule has 2 heterocycles. The molecule has 0 aliphatic heterocycles. The molecule has 0 N–H and O–H groups in total. The van der Waals surface area contributed by atoms with Crippen molar-refractivity contribution >= 4 is 49.3 Å². The van der Waals surface area contributed by atoms with Gasteiger partial charge in [-0.3, -0.25) is 0 Å². The van der Waals surface area contributed by atoms with Crippen molar-refractivity contribution in [3.63, 3.8) is 0 Å². The Labute approximate surface area is 344 Å². The Balaban J connectivity index is 1.38. The summed E-state index contributed by atoms with van der Waals surface area (Å²) < 4.78 is 49.2. The number of benzene rings is 8. The molecule has 2 aromatic heterocycles. The highest BCUT2D eigenvalue weighted by Gasteiger charge is 2.35. The third kappa shape index (κ3) is 5.91. The van der Waals surface area contributed by atoms with Gasteiger partial charge in [0, 0.05) is 21.5 Å². The summed E-state index contributed by atoms with van der Waals surface area (Å²) in [6.07, 6.45) is -4.80. The van der Waals surface area contributed by atoms with Crippen LogP contribution in [0.2, 0.25) is 0 Å². The van der Waals surface area contributed by atoms with Crippen molar-refractivity contribution in [1.29, 1.82) is 5.26 Å². The van der Waals surface area contributed by atoms with Gasteiger partial charge in [0.1, 0.15) is 0 Å². The quantitative estimate of drug-likeness (QED) is 0.160. The van der Waals surface area contributed by atoms with Gasteiger partial charge in [-0.2, -0.15) is 18.4 Å². The summed E-state index contributed by atoms with van der Waals surface area (Å²) in [5.74, 6) is 0. The van der Waals surface area contributed by atoms with E-state index in [1.807, 2.05) is 54.6 Å². The predicted molar refractivity (Wildman–Crippen MR) is 237 cm³/mol. The smallest absolute Gasteiger partial charge is 0.308 e. The number of alkyl halides is 3. The predicted octanol–water partition coefficient (Wildman–Crippen LogP) is 14.9. The lowest BCUT2D eigenvalue weighted by molar-refractivity contribution is -0.137. The van der Waals surface area contributed by atoms with E-state index >= 15 is 0 Å². The molecule has 10 aromatic rings. The lowest BCUT2D eigenvalue weighted by Gasteiger charge is -2.21. The first-order chi connectivity index (χ1) is 29.1. The molecular weight excluding hydrogens is 750 g/mol. The van der Waals surface area contributed by atoms with E-state index in [2.05, 4.69) is 113 Å². The summed E-state index contributed by atoms with van der Waals surface area (Å²) in [5.41, 5.74) is 9.92. The molecule has 8 aromatic carbocycles. The number of para-hydroxylation sites is 2. The summed E-state index contributed by atoms with van der Waals surface area (Å²) in [4.78, 5) is 3.92. The molecule has 10 rings (SSSR count). The van der Waals surface area contributed by atoms with Crippen LogP contribution in [0.5, 0.6) is 0 Å². The molecule has 286 valence electrons. The van der Waals surface area contributed by atoms with Gasteiger partial charge in [-0.15, -0.1) is 0 Å². The van der Waals surface area contributed by atoms with Gasteiger partial charge in [0.25, 0.3) is 0 Å².